The molecule has 8 aromatic rings. The first-order chi connectivity index (χ1) is 29.9. The van der Waals surface area contributed by atoms with Crippen molar-refractivity contribution in [2.75, 3.05) is 0 Å². The minimum atomic E-state index is -5.39. The quantitative estimate of drug-likeness (QED) is 0.0302. The van der Waals surface area contributed by atoms with E-state index in [0.29, 0.717) is 28.7 Å². The van der Waals surface area contributed by atoms with Gasteiger partial charge in [-0.2, -0.15) is 33.7 Å². The van der Waals surface area contributed by atoms with Crippen LogP contribution in [-0.2, 0) is 40.5 Å². The molecule has 0 saturated heterocycles. The van der Waals surface area contributed by atoms with Crippen LogP contribution in [0.25, 0.3) is 54.7 Å². The Balaban J connectivity index is 1.13. The minimum Gasteiger partial charge on any atom is -0.506 e. The first-order valence-corrected chi connectivity index (χ1v) is 23.2. The lowest BCUT2D eigenvalue weighted by Gasteiger charge is -2.12. The Bertz CT molecular complexity index is 3900. The lowest BCUT2D eigenvalue weighted by molar-refractivity contribution is 0.469. The van der Waals surface area contributed by atoms with Crippen LogP contribution in [0, 0.1) is 0 Å². The molecule has 22 nitrogen and oxygen atoms in total. The van der Waals surface area contributed by atoms with Crippen LogP contribution in [-0.4, -0.2) is 82.3 Å². The van der Waals surface area contributed by atoms with Gasteiger partial charge in [-0.1, -0.05) is 24.3 Å². The summed E-state index contributed by atoms with van der Waals surface area (Å²) in [4.78, 5) is 4.61. The number of rotatable bonds is 9. The highest BCUT2D eigenvalue weighted by atomic mass is 32.2. The first-order valence-electron chi connectivity index (χ1n) is 17.5. The molecule has 26 heteroatoms. The topological polar surface area (TPSA) is 374 Å². The van der Waals surface area contributed by atoms with Gasteiger partial charge in [0, 0.05) is 16.2 Å². The van der Waals surface area contributed by atoms with Crippen LogP contribution in [0.4, 0.5) is 22.7 Å². The van der Waals surface area contributed by atoms with Crippen molar-refractivity contribution in [3.05, 3.63) is 97.1 Å². The molecule has 0 atom stereocenters. The van der Waals surface area contributed by atoms with Crippen LogP contribution < -0.4 is 0 Å². The van der Waals surface area contributed by atoms with Gasteiger partial charge in [0.05, 0.1) is 27.0 Å². The smallest absolute Gasteiger partial charge is 0.296 e. The summed E-state index contributed by atoms with van der Waals surface area (Å²) < 4.78 is 137. The summed E-state index contributed by atoms with van der Waals surface area (Å²) in [7, 11) is -21.0. The number of phenolic OH excluding ortho intramolecular Hbond substituents is 4. The number of phenols is 4. The zero-order chi connectivity index (χ0) is 46.3. The second-order valence-corrected chi connectivity index (χ2v) is 19.2. The molecule has 0 spiro atoms. The van der Waals surface area contributed by atoms with E-state index in [1.165, 1.54) is 24.3 Å². The van der Waals surface area contributed by atoms with Crippen LogP contribution in [0.15, 0.2) is 137 Å². The maximum Gasteiger partial charge on any atom is 0.296 e. The average molecular weight is 949 g/mol. The fourth-order valence-corrected chi connectivity index (χ4v) is 9.32. The zero-order valence-corrected chi connectivity index (χ0v) is 34.7. The van der Waals surface area contributed by atoms with Crippen molar-refractivity contribution in [3.63, 3.8) is 0 Å². The number of azo groups is 2. The number of benzene rings is 7. The molecule has 7 aromatic carbocycles. The third-order valence-electron chi connectivity index (χ3n) is 9.56. The highest BCUT2D eigenvalue weighted by molar-refractivity contribution is 7.87. The van der Waals surface area contributed by atoms with Crippen molar-refractivity contribution in [3.8, 4) is 34.1 Å². The summed E-state index contributed by atoms with van der Waals surface area (Å²) in [6, 6.07) is 19.6. The molecule has 0 aliphatic carbocycles. The Morgan fingerprint density at radius 2 is 0.953 bits per heavy atom. The normalized spacial score (nSPS) is 13.0. The first kappa shape index (κ1) is 43.4. The predicted molar refractivity (Wildman–Crippen MR) is 225 cm³/mol. The highest BCUT2D eigenvalue weighted by Gasteiger charge is 2.29. The van der Waals surface area contributed by atoms with Gasteiger partial charge in [-0.3, -0.25) is 18.2 Å². The van der Waals surface area contributed by atoms with Crippen LogP contribution in [0.1, 0.15) is 0 Å². The molecule has 0 saturated carbocycles. The van der Waals surface area contributed by atoms with Gasteiger partial charge >= 0.3 is 0 Å². The zero-order valence-electron chi connectivity index (χ0n) is 31.4. The predicted octanol–water partition coefficient (Wildman–Crippen LogP) is 7.40. The molecule has 8 rings (SSSR count). The van der Waals surface area contributed by atoms with Crippen molar-refractivity contribution in [2.45, 2.75) is 19.6 Å². The number of hydrogen-bond acceptors (Lipinski definition) is 18. The number of aromatic nitrogens is 2. The Labute approximate surface area is 358 Å². The largest absolute Gasteiger partial charge is 0.506 e. The van der Waals surface area contributed by atoms with Gasteiger partial charge in [-0.25, -0.2) is 9.97 Å². The second-order valence-electron chi connectivity index (χ2n) is 13.6. The number of aromatic hydroxyl groups is 4. The SMILES string of the molecule is O=S(=O)(O)c1cc(S(=O)(=O)O)c2c(O)c(N=Nc3ccc(-c4ccc(N=Nc5c(S(=O)(=O)O)cc6c(ccc7nc8ccccc8nc76)c5O)c(O)c4)cc3O)c(S(=O)(=O)O)cc2c1. The lowest BCUT2D eigenvalue weighted by Crippen LogP contribution is -2.06. The van der Waals surface area contributed by atoms with Gasteiger partial charge in [0.15, 0.2) is 11.5 Å². The monoisotopic (exact) mass is 948 g/mol. The molecule has 8 N–H and O–H groups in total. The molecule has 326 valence electrons. The van der Waals surface area contributed by atoms with Crippen LogP contribution in [0.5, 0.6) is 23.0 Å². The molecule has 0 unspecified atom stereocenters. The molecule has 0 bridgehead atoms. The Hall–Kier alpha value is -7.30. The van der Waals surface area contributed by atoms with Crippen molar-refractivity contribution in [1.29, 1.82) is 0 Å². The second kappa shape index (κ2) is 15.2. The van der Waals surface area contributed by atoms with Gasteiger partial charge in [-0.15, -0.1) is 20.5 Å². The Morgan fingerprint density at radius 1 is 0.438 bits per heavy atom. The van der Waals surface area contributed by atoms with E-state index in [0.717, 1.165) is 24.3 Å². The maximum absolute atomic E-state index is 12.6. The van der Waals surface area contributed by atoms with E-state index < -0.39 is 111 Å². The Kier molecular flexibility index (Phi) is 10.3. The number of hydrogen-bond donors (Lipinski definition) is 8. The number of nitrogens with zero attached hydrogens (tertiary/aromatic N) is 6. The summed E-state index contributed by atoms with van der Waals surface area (Å²) in [5.41, 5.74) is -0.351. The van der Waals surface area contributed by atoms with Gasteiger partial charge in [0.25, 0.3) is 40.5 Å². The van der Waals surface area contributed by atoms with Crippen LogP contribution >= 0.6 is 0 Å². The maximum atomic E-state index is 12.6. The van der Waals surface area contributed by atoms with E-state index in [4.69, 9.17) is 0 Å². The van der Waals surface area contributed by atoms with Gasteiger partial charge in [0.1, 0.15) is 48.9 Å². The minimum absolute atomic E-state index is 0.0943. The molecular formula is C38H24N6O16S4. The highest BCUT2D eigenvalue weighted by Crippen LogP contribution is 2.47. The molecule has 0 amide bonds. The Morgan fingerprint density at radius 3 is 1.47 bits per heavy atom. The van der Waals surface area contributed by atoms with E-state index in [9.17, 15) is 72.3 Å². The summed E-state index contributed by atoms with van der Waals surface area (Å²) in [6.45, 7) is 0. The third kappa shape index (κ3) is 7.97. The summed E-state index contributed by atoms with van der Waals surface area (Å²) in [6.07, 6.45) is 0. The van der Waals surface area contributed by atoms with E-state index >= 15 is 0 Å². The van der Waals surface area contributed by atoms with Crippen molar-refractivity contribution >= 4 is 107 Å². The molecule has 0 radical (unpaired) electrons. The van der Waals surface area contributed by atoms with Crippen molar-refractivity contribution in [2.24, 2.45) is 20.5 Å². The number of para-hydroxylation sites is 2. The molecule has 1 heterocycles. The summed E-state index contributed by atoms with van der Waals surface area (Å²) in [5.74, 6) is -3.21. The lowest BCUT2D eigenvalue weighted by atomic mass is 10.0. The summed E-state index contributed by atoms with van der Waals surface area (Å²) in [5, 5.41) is 57.6. The number of fused-ring (bicyclic) bond motifs is 5. The van der Waals surface area contributed by atoms with Crippen LogP contribution in [0.2, 0.25) is 0 Å². The van der Waals surface area contributed by atoms with E-state index in [2.05, 4.69) is 30.4 Å². The fourth-order valence-electron chi connectivity index (χ4n) is 6.65. The standard InChI is InChI=1S/C38H24N6O16S4/c45-28-12-17(5-8-25(28)41-43-35-32(64(58,59)60)16-22-21(37(35)47)7-10-27-34(22)40-24-4-2-1-3-23(24)39-27)18-6-9-26(29(46)13-18)42-44-36-31(63(55,56)57)14-19-11-20(61(49,50)51)15-30(62(52,53)54)33(19)38(36)48/h1-16,45-48H,(H,49,50,51)(H,52,53,54)(H,55,56,57)(H,58,59,60). The summed E-state index contributed by atoms with van der Waals surface area (Å²) >= 11 is 0. The van der Waals surface area contributed by atoms with Crippen LogP contribution in [0.3, 0.4) is 0 Å². The molecular weight excluding hydrogens is 925 g/mol. The van der Waals surface area contributed by atoms with E-state index in [-0.39, 0.29) is 39.2 Å². The molecule has 0 fully saturated rings. The average Bonchev–Trinajstić information content (AvgIpc) is 3.21. The fraction of sp³-hybridized carbons (Fsp3) is 0. The molecule has 0 aliphatic heterocycles. The van der Waals surface area contributed by atoms with Crippen molar-refractivity contribution < 1.29 is 72.3 Å². The van der Waals surface area contributed by atoms with E-state index in [1.54, 1.807) is 30.3 Å². The molecule has 0 aliphatic rings. The molecule has 64 heavy (non-hydrogen) atoms. The molecule has 1 aromatic heterocycles. The van der Waals surface area contributed by atoms with E-state index in [1.807, 2.05) is 0 Å². The van der Waals surface area contributed by atoms with Gasteiger partial charge in [0.2, 0.25) is 0 Å². The van der Waals surface area contributed by atoms with Crippen molar-refractivity contribution in [1.82, 2.24) is 9.97 Å². The third-order valence-corrected chi connectivity index (χ3v) is 13.0. The van der Waals surface area contributed by atoms with Gasteiger partial charge < -0.3 is 20.4 Å². The van der Waals surface area contributed by atoms with Gasteiger partial charge in [-0.05, 0) is 89.3 Å².